The highest BCUT2D eigenvalue weighted by molar-refractivity contribution is 7.89. The predicted octanol–water partition coefficient (Wildman–Crippen LogP) is 2.20. The van der Waals surface area contributed by atoms with E-state index in [0.717, 1.165) is 29.5 Å². The molecule has 0 aromatic heterocycles. The summed E-state index contributed by atoms with van der Waals surface area (Å²) in [5.74, 6) is 0. The number of sulfonamides is 1. The van der Waals surface area contributed by atoms with Gasteiger partial charge in [-0.2, -0.15) is 4.31 Å². The van der Waals surface area contributed by atoms with Crippen molar-refractivity contribution >= 4 is 10.0 Å². The Bertz CT molecular complexity index is 592. The lowest BCUT2D eigenvalue weighted by Gasteiger charge is -2.22. The molecular formula is C15H24N2O2S. The van der Waals surface area contributed by atoms with E-state index < -0.39 is 10.0 Å². The average Bonchev–Trinajstić information content (AvgIpc) is 3.17. The first-order valence-corrected chi connectivity index (χ1v) is 8.62. The smallest absolute Gasteiger partial charge is 0.243 e. The molecule has 1 aromatic rings. The third kappa shape index (κ3) is 2.90. The van der Waals surface area contributed by atoms with Crippen LogP contribution in [0.4, 0.5) is 0 Å². The maximum Gasteiger partial charge on any atom is 0.243 e. The normalized spacial score (nSPS) is 15.8. The van der Waals surface area contributed by atoms with Crippen molar-refractivity contribution in [2.75, 3.05) is 13.6 Å². The summed E-state index contributed by atoms with van der Waals surface area (Å²) < 4.78 is 27.3. The third-order valence-corrected chi connectivity index (χ3v) is 6.02. The molecule has 1 aliphatic carbocycles. The molecule has 0 heterocycles. The Morgan fingerprint density at radius 2 is 1.90 bits per heavy atom. The molecule has 112 valence electrons. The second-order valence-corrected chi connectivity index (χ2v) is 7.37. The van der Waals surface area contributed by atoms with Crippen LogP contribution in [0.1, 0.15) is 36.5 Å². The minimum absolute atomic E-state index is 0.207. The molecule has 20 heavy (non-hydrogen) atoms. The molecule has 4 nitrogen and oxygen atoms in total. The zero-order valence-corrected chi connectivity index (χ0v) is 13.5. The summed E-state index contributed by atoms with van der Waals surface area (Å²) >= 11 is 0. The molecule has 1 N–H and O–H groups in total. The molecule has 0 unspecified atom stereocenters. The number of nitrogens with one attached hydrogen (secondary N) is 1. The number of benzene rings is 1. The fourth-order valence-corrected chi connectivity index (χ4v) is 4.60. The van der Waals surface area contributed by atoms with E-state index in [4.69, 9.17) is 0 Å². The van der Waals surface area contributed by atoms with E-state index in [9.17, 15) is 8.42 Å². The molecule has 0 saturated heterocycles. The van der Waals surface area contributed by atoms with Gasteiger partial charge in [-0.05, 0) is 56.5 Å². The van der Waals surface area contributed by atoms with Crippen molar-refractivity contribution in [1.29, 1.82) is 0 Å². The second kappa shape index (κ2) is 5.84. The van der Waals surface area contributed by atoms with E-state index >= 15 is 0 Å². The van der Waals surface area contributed by atoms with Crippen LogP contribution >= 0.6 is 0 Å². The van der Waals surface area contributed by atoms with Crippen LogP contribution in [-0.4, -0.2) is 32.4 Å². The Morgan fingerprint density at radius 3 is 2.40 bits per heavy atom. The summed E-state index contributed by atoms with van der Waals surface area (Å²) in [5, 5.41) is 3.09. The van der Waals surface area contributed by atoms with E-state index in [1.807, 2.05) is 40.0 Å². The summed E-state index contributed by atoms with van der Waals surface area (Å²) in [5.41, 5.74) is 3.01. The highest BCUT2D eigenvalue weighted by Gasteiger charge is 2.37. The van der Waals surface area contributed by atoms with Crippen LogP contribution in [0, 0.1) is 13.8 Å². The average molecular weight is 296 g/mol. The van der Waals surface area contributed by atoms with Crippen LogP contribution in [0.2, 0.25) is 0 Å². The van der Waals surface area contributed by atoms with Gasteiger partial charge in [0.15, 0.2) is 0 Å². The molecule has 5 heteroatoms. The van der Waals surface area contributed by atoms with Crippen LogP contribution in [0.15, 0.2) is 17.0 Å². The van der Waals surface area contributed by atoms with Gasteiger partial charge in [-0.1, -0.05) is 13.0 Å². The highest BCUT2D eigenvalue weighted by Crippen LogP contribution is 2.33. The van der Waals surface area contributed by atoms with Gasteiger partial charge < -0.3 is 5.32 Å². The molecule has 2 rings (SSSR count). The molecule has 1 saturated carbocycles. The largest absolute Gasteiger partial charge is 0.316 e. The number of aryl methyl sites for hydroxylation is 2. The van der Waals surface area contributed by atoms with Crippen LogP contribution in [0.25, 0.3) is 0 Å². The van der Waals surface area contributed by atoms with Gasteiger partial charge in [0.25, 0.3) is 0 Å². The minimum atomic E-state index is -3.37. The molecule has 0 radical (unpaired) electrons. The van der Waals surface area contributed by atoms with Gasteiger partial charge in [-0.3, -0.25) is 0 Å². The quantitative estimate of drug-likeness (QED) is 0.875. The maximum atomic E-state index is 12.8. The molecular weight excluding hydrogens is 272 g/mol. The Labute approximate surface area is 122 Å². The topological polar surface area (TPSA) is 49.4 Å². The van der Waals surface area contributed by atoms with Gasteiger partial charge in [-0.15, -0.1) is 0 Å². The molecule has 0 amide bonds. The van der Waals surface area contributed by atoms with Crippen molar-refractivity contribution in [2.24, 2.45) is 0 Å². The Balaban J connectivity index is 2.47. The zero-order chi connectivity index (χ0) is 14.9. The van der Waals surface area contributed by atoms with Gasteiger partial charge in [0.05, 0.1) is 4.90 Å². The number of hydrogen-bond donors (Lipinski definition) is 1. The SMILES string of the molecule is CCN(C1CC1)S(=O)(=O)c1cc(CNC)c(C)cc1C. The predicted molar refractivity (Wildman–Crippen MR) is 81.3 cm³/mol. The molecule has 0 aliphatic heterocycles. The highest BCUT2D eigenvalue weighted by atomic mass is 32.2. The lowest BCUT2D eigenvalue weighted by molar-refractivity contribution is 0.420. The number of nitrogens with zero attached hydrogens (tertiary/aromatic N) is 1. The van der Waals surface area contributed by atoms with Crippen molar-refractivity contribution in [3.05, 3.63) is 28.8 Å². The summed E-state index contributed by atoms with van der Waals surface area (Å²) in [6, 6.07) is 4.01. The van der Waals surface area contributed by atoms with E-state index in [-0.39, 0.29) is 6.04 Å². The fourth-order valence-electron chi connectivity index (χ4n) is 2.65. The van der Waals surface area contributed by atoms with Crippen LogP contribution < -0.4 is 5.32 Å². The second-order valence-electron chi connectivity index (χ2n) is 5.51. The lowest BCUT2D eigenvalue weighted by atomic mass is 10.1. The zero-order valence-electron chi connectivity index (χ0n) is 12.7. The Morgan fingerprint density at radius 1 is 1.25 bits per heavy atom. The summed E-state index contributed by atoms with van der Waals surface area (Å²) in [7, 11) is -1.50. The standard InChI is InChI=1S/C15H24N2O2S/c1-5-17(14-6-7-14)20(18,19)15-9-13(10-16-4)11(2)8-12(15)3/h8-9,14,16H,5-7,10H2,1-4H3. The fraction of sp³-hybridized carbons (Fsp3) is 0.600. The first-order chi connectivity index (χ1) is 9.41. The first kappa shape index (κ1) is 15.5. The van der Waals surface area contributed by atoms with E-state index in [1.165, 1.54) is 0 Å². The number of rotatable bonds is 6. The van der Waals surface area contributed by atoms with Crippen molar-refractivity contribution in [1.82, 2.24) is 9.62 Å². The van der Waals surface area contributed by atoms with Gasteiger partial charge >= 0.3 is 0 Å². The molecule has 1 aliphatic rings. The summed E-state index contributed by atoms with van der Waals surface area (Å²) in [6.07, 6.45) is 1.97. The third-order valence-electron chi connectivity index (χ3n) is 3.85. The van der Waals surface area contributed by atoms with Crippen molar-refractivity contribution in [3.8, 4) is 0 Å². The van der Waals surface area contributed by atoms with Gasteiger partial charge in [0, 0.05) is 19.1 Å². The molecule has 0 spiro atoms. The molecule has 1 aromatic carbocycles. The summed E-state index contributed by atoms with van der Waals surface area (Å²) in [6.45, 7) is 7.04. The first-order valence-electron chi connectivity index (χ1n) is 7.18. The van der Waals surface area contributed by atoms with Crippen LogP contribution in [0.5, 0.6) is 0 Å². The van der Waals surface area contributed by atoms with Gasteiger partial charge in [0.1, 0.15) is 0 Å². The maximum absolute atomic E-state index is 12.8. The van der Waals surface area contributed by atoms with E-state index in [1.54, 1.807) is 4.31 Å². The Hall–Kier alpha value is -0.910. The van der Waals surface area contributed by atoms with Gasteiger partial charge in [0.2, 0.25) is 10.0 Å². The monoisotopic (exact) mass is 296 g/mol. The van der Waals surface area contributed by atoms with Crippen molar-refractivity contribution in [2.45, 2.75) is 51.1 Å². The molecule has 0 bridgehead atoms. The van der Waals surface area contributed by atoms with Crippen molar-refractivity contribution < 1.29 is 8.42 Å². The molecule has 1 fully saturated rings. The van der Waals surface area contributed by atoms with Crippen LogP contribution in [0.3, 0.4) is 0 Å². The minimum Gasteiger partial charge on any atom is -0.316 e. The van der Waals surface area contributed by atoms with Crippen LogP contribution in [-0.2, 0) is 16.6 Å². The van der Waals surface area contributed by atoms with E-state index in [2.05, 4.69) is 5.32 Å². The number of hydrogen-bond acceptors (Lipinski definition) is 3. The lowest BCUT2D eigenvalue weighted by Crippen LogP contribution is -2.33. The molecule has 0 atom stereocenters. The van der Waals surface area contributed by atoms with E-state index in [0.29, 0.717) is 18.0 Å². The van der Waals surface area contributed by atoms with Gasteiger partial charge in [-0.25, -0.2) is 8.42 Å². The van der Waals surface area contributed by atoms with Crippen molar-refractivity contribution in [3.63, 3.8) is 0 Å². The Kier molecular flexibility index (Phi) is 4.52. The summed E-state index contributed by atoms with van der Waals surface area (Å²) in [4.78, 5) is 0.460.